The third-order valence-electron chi connectivity index (χ3n) is 10.2. The molecule has 0 bridgehead atoms. The van der Waals surface area contributed by atoms with Gasteiger partial charge >= 0.3 is 11.9 Å². The number of fused-ring (bicyclic) bond motifs is 2. The van der Waals surface area contributed by atoms with Gasteiger partial charge in [0.2, 0.25) is 0 Å². The Labute approximate surface area is 342 Å². The van der Waals surface area contributed by atoms with Crippen molar-refractivity contribution in [3.8, 4) is 34.5 Å². The van der Waals surface area contributed by atoms with Crippen LogP contribution in [0.2, 0.25) is 0 Å². The van der Waals surface area contributed by atoms with Crippen molar-refractivity contribution in [3.05, 3.63) is 177 Å². The zero-order valence-corrected chi connectivity index (χ0v) is 33.0. The van der Waals surface area contributed by atoms with Crippen molar-refractivity contribution < 1.29 is 48.3 Å². The number of aromatic nitrogens is 2. The number of carboxylic acid groups (broad SMARTS) is 2. The van der Waals surface area contributed by atoms with Gasteiger partial charge in [-0.2, -0.15) is 0 Å². The Morgan fingerprint density at radius 2 is 0.900 bits per heavy atom. The molecule has 0 aliphatic rings. The Morgan fingerprint density at radius 3 is 1.25 bits per heavy atom. The van der Waals surface area contributed by atoms with Crippen LogP contribution in [0.3, 0.4) is 0 Å². The Bertz CT molecular complexity index is 2720. The first-order chi connectivity index (χ1) is 28.6. The number of aromatic carboxylic acids is 2. The Hall–Kier alpha value is -7.60. The second-order valence-electron chi connectivity index (χ2n) is 14.6. The Balaban J connectivity index is 0.000000181. The van der Waals surface area contributed by atoms with E-state index >= 15 is 0 Å². The van der Waals surface area contributed by atoms with E-state index in [-0.39, 0.29) is 34.5 Å². The van der Waals surface area contributed by atoms with E-state index in [1.807, 2.05) is 39.8 Å². The van der Waals surface area contributed by atoms with Crippen molar-refractivity contribution in [1.29, 1.82) is 0 Å². The molecule has 0 aliphatic heterocycles. The van der Waals surface area contributed by atoms with Crippen molar-refractivity contribution in [1.82, 2.24) is 9.97 Å². The lowest BCUT2D eigenvalue weighted by atomic mass is 10.0. The van der Waals surface area contributed by atoms with Gasteiger partial charge in [0.15, 0.2) is 0 Å². The summed E-state index contributed by atoms with van der Waals surface area (Å²) in [6, 6.07) is 29.1. The summed E-state index contributed by atoms with van der Waals surface area (Å²) in [7, 11) is 0. The molecule has 0 unspecified atom stereocenters. The highest BCUT2D eigenvalue weighted by molar-refractivity contribution is 5.97. The van der Waals surface area contributed by atoms with Crippen LogP contribution in [0, 0.1) is 39.3 Å². The summed E-state index contributed by atoms with van der Waals surface area (Å²) in [6.07, 6.45) is 0.861. The van der Waals surface area contributed by atoms with Crippen LogP contribution in [0.25, 0.3) is 21.8 Å². The molecular formula is C48H40F2N2O8. The molecule has 0 atom stereocenters. The molecule has 304 valence electrons. The molecule has 0 aliphatic carbocycles. The second-order valence-corrected chi connectivity index (χ2v) is 14.6. The number of benzene rings is 6. The Kier molecular flexibility index (Phi) is 11.3. The smallest absolute Gasteiger partial charge is 0.352 e. The fraction of sp³-hybridized carbons (Fsp3) is 0.125. The van der Waals surface area contributed by atoms with E-state index in [0.717, 1.165) is 55.2 Å². The summed E-state index contributed by atoms with van der Waals surface area (Å²) >= 11 is 0. The number of nitrogens with one attached hydrogen (secondary N) is 2. The summed E-state index contributed by atoms with van der Waals surface area (Å²) in [6.45, 7) is 7.54. The number of ether oxygens (including phenoxy) is 2. The molecule has 12 heteroatoms. The summed E-state index contributed by atoms with van der Waals surface area (Å²) in [4.78, 5) is 28.3. The van der Waals surface area contributed by atoms with Gasteiger partial charge in [-0.25, -0.2) is 18.4 Å². The van der Waals surface area contributed by atoms with Crippen molar-refractivity contribution in [2.45, 2.75) is 40.5 Å². The monoisotopic (exact) mass is 810 g/mol. The highest BCUT2D eigenvalue weighted by atomic mass is 19.1. The van der Waals surface area contributed by atoms with Gasteiger partial charge in [-0.1, -0.05) is 24.3 Å². The fourth-order valence-corrected chi connectivity index (χ4v) is 7.15. The largest absolute Gasteiger partial charge is 0.508 e. The summed E-state index contributed by atoms with van der Waals surface area (Å²) in [5, 5.41) is 40.5. The van der Waals surface area contributed by atoms with Gasteiger partial charge in [0.05, 0.1) is 0 Å². The highest BCUT2D eigenvalue weighted by Crippen LogP contribution is 2.38. The maximum Gasteiger partial charge on any atom is 0.352 e. The average Bonchev–Trinajstić information content (AvgIpc) is 3.85. The van der Waals surface area contributed by atoms with Gasteiger partial charge < -0.3 is 39.9 Å². The summed E-state index contributed by atoms with van der Waals surface area (Å²) in [5.41, 5.74) is 8.11. The standard InChI is InChI=1S/2C24H20FNO4/c2*1-13-9-20-19(12-21(26-20)24(28)29)14(2)23(13)30-18-7-8-22(27)16(11-18)10-15-3-5-17(25)6-4-15/h2*3-9,11-12,26-27H,10H2,1-2H3,(H,28,29). The lowest BCUT2D eigenvalue weighted by molar-refractivity contribution is 0.0681. The first-order valence-corrected chi connectivity index (χ1v) is 18.8. The van der Waals surface area contributed by atoms with E-state index < -0.39 is 11.9 Å². The number of phenolic OH excluding ortho intramolecular Hbond substituents is 2. The number of phenols is 2. The predicted octanol–water partition coefficient (Wildman–Crippen LogP) is 11.4. The van der Waals surface area contributed by atoms with Crippen molar-refractivity contribution in [3.63, 3.8) is 0 Å². The molecule has 0 saturated carbocycles. The number of hydrogen-bond acceptors (Lipinski definition) is 6. The number of rotatable bonds is 10. The van der Waals surface area contributed by atoms with E-state index in [4.69, 9.17) is 9.47 Å². The van der Waals surface area contributed by atoms with Gasteiger partial charge in [-0.05, 0) is 135 Å². The van der Waals surface area contributed by atoms with Gasteiger partial charge in [-0.15, -0.1) is 0 Å². The molecule has 2 heterocycles. The zero-order chi connectivity index (χ0) is 42.8. The minimum absolute atomic E-state index is 0.121. The van der Waals surface area contributed by atoms with E-state index in [1.165, 1.54) is 24.3 Å². The maximum absolute atomic E-state index is 13.1. The quantitative estimate of drug-likeness (QED) is 0.0794. The summed E-state index contributed by atoms with van der Waals surface area (Å²) in [5.74, 6) is -0.0268. The molecule has 2 aromatic heterocycles. The van der Waals surface area contributed by atoms with Crippen LogP contribution in [0.4, 0.5) is 8.78 Å². The van der Waals surface area contributed by atoms with Crippen LogP contribution in [0.15, 0.2) is 109 Å². The number of carbonyl (C=O) groups is 2. The molecule has 0 amide bonds. The summed E-state index contributed by atoms with van der Waals surface area (Å²) < 4.78 is 38.6. The van der Waals surface area contributed by atoms with Crippen LogP contribution in [0.5, 0.6) is 34.5 Å². The van der Waals surface area contributed by atoms with Crippen LogP contribution < -0.4 is 9.47 Å². The molecule has 0 fully saturated rings. The van der Waals surface area contributed by atoms with Crippen molar-refractivity contribution in [2.24, 2.45) is 0 Å². The number of hydrogen-bond donors (Lipinski definition) is 6. The van der Waals surface area contributed by atoms with Gasteiger partial charge in [0, 0.05) is 56.9 Å². The number of H-pyrrole nitrogens is 2. The number of aromatic amines is 2. The predicted molar refractivity (Wildman–Crippen MR) is 224 cm³/mol. The number of aromatic hydroxyl groups is 2. The van der Waals surface area contributed by atoms with E-state index in [2.05, 4.69) is 9.97 Å². The third-order valence-corrected chi connectivity index (χ3v) is 10.2. The third kappa shape index (κ3) is 8.77. The second kappa shape index (κ2) is 16.7. The first-order valence-electron chi connectivity index (χ1n) is 18.8. The Morgan fingerprint density at radius 1 is 0.533 bits per heavy atom. The van der Waals surface area contributed by atoms with Crippen molar-refractivity contribution >= 4 is 33.7 Å². The lowest BCUT2D eigenvalue weighted by Gasteiger charge is -2.14. The molecule has 10 nitrogen and oxygen atoms in total. The first kappa shape index (κ1) is 40.6. The normalized spacial score (nSPS) is 11.0. The van der Waals surface area contributed by atoms with Crippen LogP contribution in [-0.2, 0) is 12.8 Å². The molecule has 0 radical (unpaired) electrons. The number of aryl methyl sites for hydroxylation is 4. The molecule has 6 aromatic carbocycles. The lowest BCUT2D eigenvalue weighted by Crippen LogP contribution is -1.95. The number of halogens is 2. The van der Waals surface area contributed by atoms with E-state index in [1.54, 1.807) is 72.8 Å². The van der Waals surface area contributed by atoms with E-state index in [0.29, 0.717) is 47.0 Å². The van der Waals surface area contributed by atoms with Gasteiger partial charge in [0.25, 0.3) is 0 Å². The topological polar surface area (TPSA) is 165 Å². The average molecular weight is 811 g/mol. The molecule has 60 heavy (non-hydrogen) atoms. The fourth-order valence-electron chi connectivity index (χ4n) is 7.15. The molecule has 8 aromatic rings. The van der Waals surface area contributed by atoms with E-state index in [9.17, 15) is 38.8 Å². The zero-order valence-electron chi connectivity index (χ0n) is 33.0. The van der Waals surface area contributed by atoms with Gasteiger partial charge in [0.1, 0.15) is 57.5 Å². The minimum Gasteiger partial charge on any atom is -0.508 e. The van der Waals surface area contributed by atoms with Crippen LogP contribution >= 0.6 is 0 Å². The molecule has 6 N–H and O–H groups in total. The molecule has 0 spiro atoms. The van der Waals surface area contributed by atoms with Crippen molar-refractivity contribution in [2.75, 3.05) is 0 Å². The van der Waals surface area contributed by atoms with Gasteiger partial charge in [-0.3, -0.25) is 0 Å². The number of carboxylic acids is 2. The van der Waals surface area contributed by atoms with Crippen LogP contribution in [0.1, 0.15) is 65.5 Å². The highest BCUT2D eigenvalue weighted by Gasteiger charge is 2.18. The molecular weight excluding hydrogens is 771 g/mol. The SMILES string of the molecule is Cc1cc2[nH]c(C(=O)O)cc2c(C)c1Oc1ccc(O)c(Cc2ccc(F)cc2)c1.Cc1cc2[nH]c(C(=O)O)cc2c(C)c1Oc1ccc(O)c(Cc2ccc(F)cc2)c1. The molecule has 8 rings (SSSR count). The molecule has 0 saturated heterocycles. The van der Waals surface area contributed by atoms with Crippen LogP contribution in [-0.4, -0.2) is 42.3 Å². The minimum atomic E-state index is -1.02. The maximum atomic E-state index is 13.1.